The number of benzene rings is 1. The molecule has 2 N–H and O–H groups in total. The van der Waals surface area contributed by atoms with Gasteiger partial charge in [-0.3, -0.25) is 9.69 Å². The average molecular weight is 449 g/mol. The molecule has 2 aliphatic rings. The summed E-state index contributed by atoms with van der Waals surface area (Å²) in [6.07, 6.45) is 1.74. The van der Waals surface area contributed by atoms with Crippen molar-refractivity contribution < 1.29 is 19.1 Å². The van der Waals surface area contributed by atoms with E-state index in [9.17, 15) is 9.59 Å². The van der Waals surface area contributed by atoms with Crippen molar-refractivity contribution in [2.75, 3.05) is 51.3 Å². The molecule has 0 saturated carbocycles. The number of esters is 1. The van der Waals surface area contributed by atoms with Crippen molar-refractivity contribution in [3.63, 3.8) is 0 Å². The molecule has 0 radical (unpaired) electrons. The number of carbonyl (C=O) groups excluding carboxylic acids is 2. The fourth-order valence-corrected chi connectivity index (χ4v) is 3.71. The highest BCUT2D eigenvalue weighted by Crippen LogP contribution is 2.23. The number of halogens is 2. The summed E-state index contributed by atoms with van der Waals surface area (Å²) in [5.41, 5.74) is 1.13. The lowest BCUT2D eigenvalue weighted by molar-refractivity contribution is -0.151. The molecule has 2 heterocycles. The number of methoxy groups -OCH3 is 1. The molecule has 10 heteroatoms. The van der Waals surface area contributed by atoms with Crippen LogP contribution in [0.5, 0.6) is 5.75 Å². The van der Waals surface area contributed by atoms with E-state index in [-0.39, 0.29) is 24.8 Å². The maximum absolute atomic E-state index is 11.6. The minimum atomic E-state index is -1.15. The van der Waals surface area contributed by atoms with Gasteiger partial charge in [-0.05, 0) is 50.2 Å². The molecule has 0 bridgehead atoms. The number of anilines is 1. The summed E-state index contributed by atoms with van der Waals surface area (Å²) in [7, 11) is 1.25. The van der Waals surface area contributed by atoms with Crippen LogP contribution in [0, 0.1) is 0 Å². The van der Waals surface area contributed by atoms with Crippen LogP contribution in [0.15, 0.2) is 24.3 Å². The molecule has 0 spiro atoms. The van der Waals surface area contributed by atoms with E-state index >= 15 is 0 Å². The van der Waals surface area contributed by atoms with Crippen molar-refractivity contribution in [2.24, 2.45) is 0 Å². The van der Waals surface area contributed by atoms with Gasteiger partial charge in [-0.2, -0.15) is 0 Å². The molecule has 2 saturated heterocycles. The highest BCUT2D eigenvalue weighted by Gasteiger charge is 2.25. The van der Waals surface area contributed by atoms with Crippen LogP contribution in [0.2, 0.25) is 0 Å². The van der Waals surface area contributed by atoms with Gasteiger partial charge < -0.3 is 25.0 Å². The second kappa shape index (κ2) is 12.7. The molecule has 3 rings (SSSR count). The number of carbonyl (C=O) groups is 2. The highest BCUT2D eigenvalue weighted by molar-refractivity contribution is 5.85. The number of nitrogens with one attached hydrogen (secondary N) is 2. The molecule has 1 unspecified atom stereocenters. The number of hydrogen-bond acceptors (Lipinski definition) is 7. The third-order valence-corrected chi connectivity index (χ3v) is 5.23. The van der Waals surface area contributed by atoms with E-state index in [1.54, 1.807) is 12.1 Å². The first-order chi connectivity index (χ1) is 13.2. The Hall–Kier alpha value is -1.74. The zero-order valence-corrected chi connectivity index (χ0v) is 18.2. The van der Waals surface area contributed by atoms with Crippen LogP contribution in [-0.4, -0.2) is 75.9 Å². The normalized spacial score (nSPS) is 18.6. The molecule has 164 valence electrons. The Labute approximate surface area is 184 Å². The molecular weight excluding hydrogens is 419 g/mol. The van der Waals surface area contributed by atoms with E-state index in [1.165, 1.54) is 20.0 Å². The zero-order valence-electron chi connectivity index (χ0n) is 16.5. The SMILES string of the molecule is COC(=O)C(NC=O)Oc1ccc(N2CCN(C3CCNCC3)CC2)cc1.Cl.Cl. The van der Waals surface area contributed by atoms with Crippen molar-refractivity contribution in [1.82, 2.24) is 15.5 Å². The molecule has 2 fully saturated rings. The van der Waals surface area contributed by atoms with E-state index in [4.69, 9.17) is 4.74 Å². The lowest BCUT2D eigenvalue weighted by Crippen LogP contribution is -2.52. The molecule has 1 aromatic rings. The predicted molar refractivity (Wildman–Crippen MR) is 116 cm³/mol. The summed E-state index contributed by atoms with van der Waals surface area (Å²) in [4.78, 5) is 27.2. The summed E-state index contributed by atoms with van der Waals surface area (Å²) in [5, 5.41) is 5.72. The molecular formula is C19H30Cl2N4O4. The number of piperidine rings is 1. The van der Waals surface area contributed by atoms with E-state index in [0.717, 1.165) is 45.0 Å². The second-order valence-electron chi connectivity index (χ2n) is 6.80. The first-order valence-corrected chi connectivity index (χ1v) is 9.45. The van der Waals surface area contributed by atoms with Crippen LogP contribution in [0.4, 0.5) is 5.69 Å². The summed E-state index contributed by atoms with van der Waals surface area (Å²) in [5.74, 6) is -0.156. The van der Waals surface area contributed by atoms with Gasteiger partial charge in [0.15, 0.2) is 0 Å². The number of ether oxygens (including phenoxy) is 2. The fraction of sp³-hybridized carbons (Fsp3) is 0.579. The number of nitrogens with zero attached hydrogens (tertiary/aromatic N) is 2. The lowest BCUT2D eigenvalue weighted by atomic mass is 10.0. The van der Waals surface area contributed by atoms with E-state index in [0.29, 0.717) is 18.2 Å². The summed E-state index contributed by atoms with van der Waals surface area (Å²) in [6.45, 7) is 6.41. The van der Waals surface area contributed by atoms with Crippen LogP contribution in [-0.2, 0) is 14.3 Å². The Morgan fingerprint density at radius 3 is 2.31 bits per heavy atom. The van der Waals surface area contributed by atoms with Crippen molar-refractivity contribution in [2.45, 2.75) is 25.1 Å². The van der Waals surface area contributed by atoms with Gasteiger partial charge in [-0.1, -0.05) is 0 Å². The largest absolute Gasteiger partial charge is 0.465 e. The highest BCUT2D eigenvalue weighted by atomic mass is 35.5. The van der Waals surface area contributed by atoms with Gasteiger partial charge in [0.05, 0.1) is 7.11 Å². The maximum Gasteiger partial charge on any atom is 0.368 e. The average Bonchev–Trinajstić information content (AvgIpc) is 2.74. The van der Waals surface area contributed by atoms with Crippen LogP contribution in [0.3, 0.4) is 0 Å². The quantitative estimate of drug-likeness (QED) is 0.366. The van der Waals surface area contributed by atoms with Crippen LogP contribution >= 0.6 is 24.8 Å². The zero-order chi connectivity index (χ0) is 19.1. The molecule has 29 heavy (non-hydrogen) atoms. The van der Waals surface area contributed by atoms with Gasteiger partial charge in [-0.25, -0.2) is 4.79 Å². The first-order valence-electron chi connectivity index (χ1n) is 9.45. The Bertz CT molecular complexity index is 621. The van der Waals surface area contributed by atoms with Crippen LogP contribution in [0.1, 0.15) is 12.8 Å². The van der Waals surface area contributed by atoms with Gasteiger partial charge in [0, 0.05) is 37.9 Å². The number of hydrogen-bond donors (Lipinski definition) is 2. The van der Waals surface area contributed by atoms with Gasteiger partial charge in [0.2, 0.25) is 6.41 Å². The number of rotatable bonds is 7. The molecule has 0 aromatic heterocycles. The summed E-state index contributed by atoms with van der Waals surface area (Å²) in [6, 6.07) is 8.27. The van der Waals surface area contributed by atoms with Crippen LogP contribution in [0.25, 0.3) is 0 Å². The van der Waals surface area contributed by atoms with Crippen molar-refractivity contribution >= 4 is 42.9 Å². The molecule has 2 aliphatic heterocycles. The van der Waals surface area contributed by atoms with Gasteiger partial charge in [-0.15, -0.1) is 24.8 Å². The third kappa shape index (κ3) is 6.92. The minimum Gasteiger partial charge on any atom is -0.465 e. The number of amides is 1. The third-order valence-electron chi connectivity index (χ3n) is 5.23. The fourth-order valence-electron chi connectivity index (χ4n) is 3.71. The molecule has 0 aliphatic carbocycles. The molecule has 1 atom stereocenters. The topological polar surface area (TPSA) is 83.1 Å². The van der Waals surface area contributed by atoms with Crippen LogP contribution < -0.4 is 20.3 Å². The monoisotopic (exact) mass is 448 g/mol. The smallest absolute Gasteiger partial charge is 0.368 e. The van der Waals surface area contributed by atoms with E-state index < -0.39 is 12.2 Å². The van der Waals surface area contributed by atoms with Gasteiger partial charge in [0.25, 0.3) is 6.23 Å². The van der Waals surface area contributed by atoms with E-state index in [1.807, 2.05) is 12.1 Å². The maximum atomic E-state index is 11.6. The van der Waals surface area contributed by atoms with Gasteiger partial charge in [0.1, 0.15) is 5.75 Å². The summed E-state index contributed by atoms with van der Waals surface area (Å²) < 4.78 is 10.1. The Morgan fingerprint density at radius 1 is 1.14 bits per heavy atom. The summed E-state index contributed by atoms with van der Waals surface area (Å²) >= 11 is 0. The predicted octanol–water partition coefficient (Wildman–Crippen LogP) is 1.03. The Balaban J connectivity index is 0.00000210. The number of piperazine rings is 1. The van der Waals surface area contributed by atoms with Crippen molar-refractivity contribution in [1.29, 1.82) is 0 Å². The van der Waals surface area contributed by atoms with E-state index in [2.05, 4.69) is 25.2 Å². The molecule has 8 nitrogen and oxygen atoms in total. The second-order valence-corrected chi connectivity index (χ2v) is 6.80. The van der Waals surface area contributed by atoms with Crippen molar-refractivity contribution in [3.8, 4) is 5.75 Å². The van der Waals surface area contributed by atoms with Crippen molar-refractivity contribution in [3.05, 3.63) is 24.3 Å². The standard InChI is InChI=1S/C19H28N4O4.2ClH/c1-26-19(25)18(21-14-24)27-17-4-2-15(3-5-17)22-10-12-23(13-11-22)16-6-8-20-9-7-16;;/h2-5,14,16,18,20H,6-13H2,1H3,(H,21,24);2*1H. The Morgan fingerprint density at radius 2 is 1.76 bits per heavy atom. The molecule has 1 aromatic carbocycles. The van der Waals surface area contributed by atoms with Gasteiger partial charge >= 0.3 is 5.97 Å². The lowest BCUT2D eigenvalue weighted by Gasteiger charge is -2.41. The minimum absolute atomic E-state index is 0. The molecule has 1 amide bonds. The Kier molecular flexibility index (Phi) is 11.1. The first kappa shape index (κ1) is 25.3.